The monoisotopic (exact) mass is 332 g/mol. The third-order valence-corrected chi connectivity index (χ3v) is 3.99. The first-order chi connectivity index (χ1) is 11.0. The van der Waals surface area contributed by atoms with Crippen LogP contribution in [0.25, 0.3) is 6.08 Å². The van der Waals surface area contributed by atoms with Crippen LogP contribution in [-0.2, 0) is 4.79 Å². The normalized spacial score (nSPS) is 12.7. The second-order valence-electron chi connectivity index (χ2n) is 5.58. The van der Waals surface area contributed by atoms with Crippen LogP contribution >= 0.6 is 11.6 Å². The Labute approximate surface area is 141 Å². The largest absolute Gasteiger partial charge is 0.468 e. The standard InChI is InChI=1S/C18H21ClN2O2/c1-13-6-7-14(11-15(13)19)8-9-18(22)20-12-16(21(2)3)17-5-4-10-23-17/h4-11,16H,12H2,1-3H3,(H,20,22)/b9-8+. The van der Waals surface area contributed by atoms with Crippen molar-refractivity contribution < 1.29 is 9.21 Å². The van der Waals surface area contributed by atoms with Crippen molar-refractivity contribution in [1.82, 2.24) is 10.2 Å². The lowest BCUT2D eigenvalue weighted by Gasteiger charge is -2.22. The van der Waals surface area contributed by atoms with Gasteiger partial charge in [0.2, 0.25) is 5.91 Å². The summed E-state index contributed by atoms with van der Waals surface area (Å²) in [6, 6.07) is 9.44. The van der Waals surface area contributed by atoms with Gasteiger partial charge in [0.15, 0.2) is 0 Å². The van der Waals surface area contributed by atoms with E-state index in [0.29, 0.717) is 11.6 Å². The third-order valence-electron chi connectivity index (χ3n) is 3.59. The van der Waals surface area contributed by atoms with E-state index in [1.165, 1.54) is 6.08 Å². The minimum atomic E-state index is -0.153. The number of likely N-dealkylation sites (N-methyl/N-ethyl adjacent to an activating group) is 1. The maximum atomic E-state index is 12.0. The first-order valence-corrected chi connectivity index (χ1v) is 7.77. The second-order valence-corrected chi connectivity index (χ2v) is 5.99. The van der Waals surface area contributed by atoms with Gasteiger partial charge in [0.25, 0.3) is 0 Å². The number of nitrogens with zero attached hydrogens (tertiary/aromatic N) is 1. The Kier molecular flexibility index (Phi) is 6.02. The van der Waals surface area contributed by atoms with E-state index in [4.69, 9.17) is 16.0 Å². The average molecular weight is 333 g/mol. The van der Waals surface area contributed by atoms with Crippen LogP contribution in [0.4, 0.5) is 0 Å². The fourth-order valence-corrected chi connectivity index (χ4v) is 2.35. The zero-order valence-corrected chi connectivity index (χ0v) is 14.3. The van der Waals surface area contributed by atoms with Crippen molar-refractivity contribution in [3.8, 4) is 0 Å². The molecule has 0 fully saturated rings. The maximum absolute atomic E-state index is 12.0. The molecule has 0 bridgehead atoms. The number of carbonyl (C=O) groups is 1. The molecular weight excluding hydrogens is 312 g/mol. The molecule has 4 nitrogen and oxygen atoms in total. The predicted octanol–water partition coefficient (Wildman–Crippen LogP) is 3.67. The summed E-state index contributed by atoms with van der Waals surface area (Å²) in [5, 5.41) is 3.58. The lowest BCUT2D eigenvalue weighted by Crippen LogP contribution is -2.33. The van der Waals surface area contributed by atoms with Gasteiger partial charge < -0.3 is 9.73 Å². The van der Waals surface area contributed by atoms with Crippen LogP contribution < -0.4 is 5.32 Å². The van der Waals surface area contributed by atoms with Crippen LogP contribution in [-0.4, -0.2) is 31.4 Å². The number of benzene rings is 1. The summed E-state index contributed by atoms with van der Waals surface area (Å²) in [5.41, 5.74) is 1.91. The van der Waals surface area contributed by atoms with Crippen molar-refractivity contribution in [2.75, 3.05) is 20.6 Å². The Hall–Kier alpha value is -2.04. The highest BCUT2D eigenvalue weighted by atomic mass is 35.5. The van der Waals surface area contributed by atoms with Gasteiger partial charge in [-0.25, -0.2) is 0 Å². The number of rotatable bonds is 6. The molecule has 0 saturated carbocycles. The van der Waals surface area contributed by atoms with E-state index in [1.54, 1.807) is 12.3 Å². The molecule has 23 heavy (non-hydrogen) atoms. The molecule has 2 aromatic rings. The van der Waals surface area contributed by atoms with Crippen LogP contribution in [0.5, 0.6) is 0 Å². The molecule has 0 spiro atoms. The molecule has 0 saturated heterocycles. The number of furan rings is 1. The number of hydrogen-bond acceptors (Lipinski definition) is 3. The summed E-state index contributed by atoms with van der Waals surface area (Å²) in [5.74, 6) is 0.671. The molecule has 0 aliphatic rings. The van der Waals surface area contributed by atoms with E-state index < -0.39 is 0 Å². The van der Waals surface area contributed by atoms with Gasteiger partial charge in [-0.2, -0.15) is 0 Å². The fourth-order valence-electron chi connectivity index (χ4n) is 2.16. The minimum absolute atomic E-state index is 0.00355. The van der Waals surface area contributed by atoms with Crippen molar-refractivity contribution >= 4 is 23.6 Å². The fraction of sp³-hybridized carbons (Fsp3) is 0.278. The lowest BCUT2D eigenvalue weighted by atomic mass is 10.1. The summed E-state index contributed by atoms with van der Waals surface area (Å²) < 4.78 is 5.42. The zero-order chi connectivity index (χ0) is 16.8. The molecule has 2 rings (SSSR count). The quantitative estimate of drug-likeness (QED) is 0.821. The molecule has 1 heterocycles. The SMILES string of the molecule is Cc1ccc(/C=C/C(=O)NCC(c2ccco2)N(C)C)cc1Cl. The summed E-state index contributed by atoms with van der Waals surface area (Å²) in [4.78, 5) is 14.0. The van der Waals surface area contributed by atoms with E-state index in [0.717, 1.165) is 16.9 Å². The zero-order valence-electron chi connectivity index (χ0n) is 13.5. The van der Waals surface area contributed by atoms with Gasteiger partial charge in [-0.05, 0) is 56.4 Å². The molecule has 0 aliphatic carbocycles. The molecule has 122 valence electrons. The molecule has 1 unspecified atom stereocenters. The van der Waals surface area contributed by atoms with Gasteiger partial charge in [0, 0.05) is 17.6 Å². The Morgan fingerprint density at radius 3 is 2.78 bits per heavy atom. The van der Waals surface area contributed by atoms with Crippen LogP contribution in [0.1, 0.15) is 22.9 Å². The van der Waals surface area contributed by atoms with Crippen molar-refractivity contribution in [3.63, 3.8) is 0 Å². The molecule has 1 N–H and O–H groups in total. The Bertz CT molecular complexity index is 678. The van der Waals surface area contributed by atoms with E-state index in [9.17, 15) is 4.79 Å². The first-order valence-electron chi connectivity index (χ1n) is 7.39. The summed E-state index contributed by atoms with van der Waals surface area (Å²) >= 11 is 6.07. The molecule has 1 aromatic heterocycles. The van der Waals surface area contributed by atoms with E-state index in [-0.39, 0.29) is 11.9 Å². The van der Waals surface area contributed by atoms with Crippen LogP contribution in [0.15, 0.2) is 47.1 Å². The highest BCUT2D eigenvalue weighted by molar-refractivity contribution is 6.31. The lowest BCUT2D eigenvalue weighted by molar-refractivity contribution is -0.116. The number of nitrogens with one attached hydrogen (secondary N) is 1. The minimum Gasteiger partial charge on any atom is -0.468 e. The van der Waals surface area contributed by atoms with Gasteiger partial charge >= 0.3 is 0 Å². The maximum Gasteiger partial charge on any atom is 0.244 e. The Balaban J connectivity index is 1.93. The number of carbonyl (C=O) groups excluding carboxylic acids is 1. The molecule has 0 aliphatic heterocycles. The molecular formula is C18H21ClN2O2. The van der Waals surface area contributed by atoms with Crippen molar-refractivity contribution in [2.24, 2.45) is 0 Å². The van der Waals surface area contributed by atoms with Crippen LogP contribution in [0, 0.1) is 6.92 Å². The summed E-state index contributed by atoms with van der Waals surface area (Å²) in [7, 11) is 3.90. The van der Waals surface area contributed by atoms with Gasteiger partial charge in [-0.15, -0.1) is 0 Å². The smallest absolute Gasteiger partial charge is 0.244 e. The summed E-state index contributed by atoms with van der Waals surface area (Å²) in [6.07, 6.45) is 4.89. The Morgan fingerprint density at radius 1 is 1.39 bits per heavy atom. The number of halogens is 1. The highest BCUT2D eigenvalue weighted by Gasteiger charge is 2.17. The average Bonchev–Trinajstić information content (AvgIpc) is 3.02. The molecule has 0 radical (unpaired) electrons. The van der Waals surface area contributed by atoms with Gasteiger partial charge in [0.1, 0.15) is 5.76 Å². The van der Waals surface area contributed by atoms with Gasteiger partial charge in [0.05, 0.1) is 12.3 Å². The molecule has 5 heteroatoms. The van der Waals surface area contributed by atoms with Crippen molar-refractivity contribution in [3.05, 3.63) is 64.6 Å². The van der Waals surface area contributed by atoms with Crippen LogP contribution in [0.2, 0.25) is 5.02 Å². The Morgan fingerprint density at radius 2 is 2.17 bits per heavy atom. The van der Waals surface area contributed by atoms with E-state index in [1.807, 2.05) is 56.3 Å². The number of amides is 1. The van der Waals surface area contributed by atoms with E-state index >= 15 is 0 Å². The van der Waals surface area contributed by atoms with Gasteiger partial charge in [-0.1, -0.05) is 23.7 Å². The summed E-state index contributed by atoms with van der Waals surface area (Å²) in [6.45, 7) is 2.41. The number of hydrogen-bond donors (Lipinski definition) is 1. The van der Waals surface area contributed by atoms with E-state index in [2.05, 4.69) is 5.32 Å². The molecule has 1 atom stereocenters. The highest BCUT2D eigenvalue weighted by Crippen LogP contribution is 2.18. The van der Waals surface area contributed by atoms with Gasteiger partial charge in [-0.3, -0.25) is 9.69 Å². The first kappa shape index (κ1) is 17.3. The molecule has 1 amide bonds. The van der Waals surface area contributed by atoms with Crippen molar-refractivity contribution in [2.45, 2.75) is 13.0 Å². The van der Waals surface area contributed by atoms with Crippen LogP contribution in [0.3, 0.4) is 0 Å². The predicted molar refractivity (Wildman–Crippen MR) is 93.4 cm³/mol. The topological polar surface area (TPSA) is 45.5 Å². The third kappa shape index (κ3) is 4.98. The van der Waals surface area contributed by atoms with Crippen molar-refractivity contribution in [1.29, 1.82) is 0 Å². The second kappa shape index (κ2) is 7.99. The molecule has 1 aromatic carbocycles. The number of aryl methyl sites for hydroxylation is 1.